The summed E-state index contributed by atoms with van der Waals surface area (Å²) in [7, 11) is -4.41. The summed E-state index contributed by atoms with van der Waals surface area (Å²) < 4.78 is 68.5. The van der Waals surface area contributed by atoms with Crippen molar-refractivity contribution in [1.29, 1.82) is 0 Å². The predicted octanol–water partition coefficient (Wildman–Crippen LogP) is 4.65. The molecule has 1 aromatic heterocycles. The number of rotatable bonds is 7. The number of aromatic nitrogens is 1. The van der Waals surface area contributed by atoms with E-state index in [1.54, 1.807) is 12.3 Å². The summed E-state index contributed by atoms with van der Waals surface area (Å²) in [6, 6.07) is 16.5. The molecule has 0 saturated heterocycles. The fraction of sp³-hybridized carbons (Fsp3) is 0.0833. The minimum Gasteiger partial charge on any atom is -0.378 e. The first-order chi connectivity index (χ1) is 16.6. The van der Waals surface area contributed by atoms with Gasteiger partial charge in [-0.3, -0.25) is 4.79 Å². The predicted molar refractivity (Wildman–Crippen MR) is 123 cm³/mol. The van der Waals surface area contributed by atoms with Gasteiger partial charge in [0.05, 0.1) is 18.2 Å². The van der Waals surface area contributed by atoms with E-state index in [2.05, 4.69) is 15.5 Å². The second kappa shape index (κ2) is 9.63. The van der Waals surface area contributed by atoms with Crippen LogP contribution < -0.4 is 9.61 Å². The highest BCUT2D eigenvalue weighted by atomic mass is 32.2. The Morgan fingerprint density at radius 1 is 1.00 bits per heavy atom. The van der Waals surface area contributed by atoms with Crippen LogP contribution in [0.25, 0.3) is 10.9 Å². The van der Waals surface area contributed by atoms with Gasteiger partial charge < -0.3 is 9.17 Å². The third-order valence-electron chi connectivity index (χ3n) is 5.01. The average molecular weight is 501 g/mol. The van der Waals surface area contributed by atoms with Crippen molar-refractivity contribution in [2.75, 3.05) is 0 Å². The number of hydrazone groups is 1. The zero-order valence-electron chi connectivity index (χ0n) is 17.9. The average Bonchev–Trinajstić information content (AvgIpc) is 3.22. The molecule has 1 amide bonds. The summed E-state index contributed by atoms with van der Waals surface area (Å²) in [5.74, 6) is -0.496. The minimum absolute atomic E-state index is 0.0712. The lowest BCUT2D eigenvalue weighted by molar-refractivity contribution is -0.137. The number of H-pyrrole nitrogens is 1. The molecule has 0 bridgehead atoms. The lowest BCUT2D eigenvalue weighted by Crippen LogP contribution is -2.19. The molecule has 1 heterocycles. The van der Waals surface area contributed by atoms with Crippen LogP contribution in [0.5, 0.6) is 5.75 Å². The molecule has 0 unspecified atom stereocenters. The van der Waals surface area contributed by atoms with E-state index >= 15 is 0 Å². The van der Waals surface area contributed by atoms with Crippen molar-refractivity contribution in [3.8, 4) is 5.75 Å². The summed E-state index contributed by atoms with van der Waals surface area (Å²) in [4.78, 5) is 14.9. The SMILES string of the molecule is O=C(Cc1c[nH]c2ccccc12)NN=Cc1ccccc1OS(=O)(=O)c1ccc(C(F)(F)F)cc1. The molecule has 3 aromatic carbocycles. The normalized spacial score (nSPS) is 12.2. The fourth-order valence-corrected chi connectivity index (χ4v) is 4.26. The maximum atomic E-state index is 12.7. The van der Waals surface area contributed by atoms with Crippen molar-refractivity contribution in [1.82, 2.24) is 10.4 Å². The number of halogens is 3. The Labute approximate surface area is 198 Å². The van der Waals surface area contributed by atoms with E-state index in [0.29, 0.717) is 12.1 Å². The number of aromatic amines is 1. The minimum atomic E-state index is -4.59. The number of nitrogens with zero attached hydrogens (tertiary/aromatic N) is 1. The van der Waals surface area contributed by atoms with Crippen molar-refractivity contribution in [3.63, 3.8) is 0 Å². The number of hydrogen-bond donors (Lipinski definition) is 2. The van der Waals surface area contributed by atoms with E-state index in [4.69, 9.17) is 4.18 Å². The third kappa shape index (κ3) is 5.69. The molecule has 0 fully saturated rings. The highest BCUT2D eigenvalue weighted by molar-refractivity contribution is 7.87. The lowest BCUT2D eigenvalue weighted by atomic mass is 10.1. The van der Waals surface area contributed by atoms with Gasteiger partial charge in [-0.2, -0.15) is 26.7 Å². The molecule has 2 N–H and O–H groups in total. The van der Waals surface area contributed by atoms with Gasteiger partial charge in [-0.05, 0) is 48.0 Å². The molecule has 0 aliphatic rings. The van der Waals surface area contributed by atoms with Gasteiger partial charge in [0.2, 0.25) is 5.91 Å². The van der Waals surface area contributed by atoms with Crippen LogP contribution in [0.15, 0.2) is 89.0 Å². The van der Waals surface area contributed by atoms with E-state index in [1.807, 2.05) is 24.3 Å². The summed E-state index contributed by atoms with van der Waals surface area (Å²) in [5.41, 5.74) is 3.33. The number of fused-ring (bicyclic) bond motifs is 1. The molecular formula is C24H18F3N3O4S. The van der Waals surface area contributed by atoms with Crippen molar-refractivity contribution >= 4 is 33.1 Å². The monoisotopic (exact) mass is 501 g/mol. The van der Waals surface area contributed by atoms with E-state index in [-0.39, 0.29) is 23.6 Å². The van der Waals surface area contributed by atoms with Crippen LogP contribution in [0, 0.1) is 0 Å². The molecule has 180 valence electrons. The fourth-order valence-electron chi connectivity index (χ4n) is 3.30. The second-order valence-corrected chi connectivity index (χ2v) is 8.97. The maximum absolute atomic E-state index is 12.7. The topological polar surface area (TPSA) is 101 Å². The van der Waals surface area contributed by atoms with Crippen LogP contribution in [-0.4, -0.2) is 25.5 Å². The van der Waals surface area contributed by atoms with Gasteiger partial charge in [-0.25, -0.2) is 5.43 Å². The molecule has 0 aliphatic heterocycles. The number of hydrogen-bond acceptors (Lipinski definition) is 5. The standard InChI is InChI=1S/C24H18F3N3O4S/c25-24(26,27)18-9-11-19(12-10-18)35(32,33)34-22-8-4-1-5-16(22)15-29-30-23(31)13-17-14-28-21-7-3-2-6-20(17)21/h1-12,14-15,28H,13H2,(H,30,31). The molecule has 11 heteroatoms. The quantitative estimate of drug-likeness (QED) is 0.219. The Balaban J connectivity index is 1.44. The van der Waals surface area contributed by atoms with Gasteiger partial charge in [0, 0.05) is 22.7 Å². The van der Waals surface area contributed by atoms with Crippen LogP contribution in [0.4, 0.5) is 13.2 Å². The Morgan fingerprint density at radius 3 is 2.43 bits per heavy atom. The molecule has 4 rings (SSSR count). The van der Waals surface area contributed by atoms with Crippen molar-refractivity contribution in [2.24, 2.45) is 5.10 Å². The molecule has 0 saturated carbocycles. The molecule has 7 nitrogen and oxygen atoms in total. The van der Waals surface area contributed by atoms with Crippen molar-refractivity contribution in [3.05, 3.63) is 95.7 Å². The van der Waals surface area contributed by atoms with E-state index in [1.165, 1.54) is 24.4 Å². The summed E-state index contributed by atoms with van der Waals surface area (Å²) >= 11 is 0. The van der Waals surface area contributed by atoms with Gasteiger partial charge in [0.1, 0.15) is 4.90 Å². The Kier molecular flexibility index (Phi) is 6.61. The molecule has 0 radical (unpaired) electrons. The van der Waals surface area contributed by atoms with Crippen molar-refractivity contribution in [2.45, 2.75) is 17.5 Å². The van der Waals surface area contributed by atoms with Crippen molar-refractivity contribution < 1.29 is 30.6 Å². The molecule has 4 aromatic rings. The van der Waals surface area contributed by atoms with Crippen LogP contribution in [-0.2, 0) is 27.5 Å². The number of nitrogens with one attached hydrogen (secondary N) is 2. The third-order valence-corrected chi connectivity index (χ3v) is 6.26. The van der Waals surface area contributed by atoms with Crippen LogP contribution >= 0.6 is 0 Å². The highest BCUT2D eigenvalue weighted by Crippen LogP contribution is 2.30. The second-order valence-electron chi connectivity index (χ2n) is 7.43. The number of carbonyl (C=O) groups is 1. The summed E-state index contributed by atoms with van der Waals surface area (Å²) in [6.45, 7) is 0. The number of benzene rings is 3. The zero-order valence-corrected chi connectivity index (χ0v) is 18.7. The van der Waals surface area contributed by atoms with E-state index in [0.717, 1.165) is 28.6 Å². The largest absolute Gasteiger partial charge is 0.416 e. The Bertz CT molecular complexity index is 1490. The molecule has 0 atom stereocenters. The van der Waals surface area contributed by atoms with Crippen LogP contribution in [0.3, 0.4) is 0 Å². The molecule has 35 heavy (non-hydrogen) atoms. The van der Waals surface area contributed by atoms with Crippen LogP contribution in [0.2, 0.25) is 0 Å². The Morgan fingerprint density at radius 2 is 1.69 bits per heavy atom. The smallest absolute Gasteiger partial charge is 0.378 e. The molecular weight excluding hydrogens is 483 g/mol. The van der Waals surface area contributed by atoms with E-state index in [9.17, 15) is 26.4 Å². The van der Waals surface area contributed by atoms with Gasteiger partial charge in [0.25, 0.3) is 0 Å². The highest BCUT2D eigenvalue weighted by Gasteiger charge is 2.31. The number of carbonyl (C=O) groups excluding carboxylic acids is 1. The van der Waals surface area contributed by atoms with Crippen LogP contribution in [0.1, 0.15) is 16.7 Å². The summed E-state index contributed by atoms with van der Waals surface area (Å²) in [5, 5.41) is 4.79. The first kappa shape index (κ1) is 24.0. The van der Waals surface area contributed by atoms with Gasteiger partial charge in [-0.1, -0.05) is 30.3 Å². The Hall–Kier alpha value is -4.12. The number of amides is 1. The van der Waals surface area contributed by atoms with Gasteiger partial charge >= 0.3 is 16.3 Å². The molecule has 0 spiro atoms. The zero-order chi connectivity index (χ0) is 25.1. The first-order valence-corrected chi connectivity index (χ1v) is 11.6. The van der Waals surface area contributed by atoms with Gasteiger partial charge in [-0.15, -0.1) is 0 Å². The first-order valence-electron chi connectivity index (χ1n) is 10.2. The van der Waals surface area contributed by atoms with E-state index < -0.39 is 26.8 Å². The number of alkyl halides is 3. The van der Waals surface area contributed by atoms with Gasteiger partial charge in [0.15, 0.2) is 5.75 Å². The lowest BCUT2D eigenvalue weighted by Gasteiger charge is -2.11. The summed E-state index contributed by atoms with van der Waals surface area (Å²) in [6.07, 6.45) is -1.57. The number of para-hydroxylation sites is 2. The molecule has 0 aliphatic carbocycles. The maximum Gasteiger partial charge on any atom is 0.416 e.